The van der Waals surface area contributed by atoms with Gasteiger partial charge in [-0.3, -0.25) is 9.59 Å². The number of aliphatic hydroxyl groups is 1. The molecule has 1 heterocycles. The highest BCUT2D eigenvalue weighted by atomic mass is 127. The highest BCUT2D eigenvalue weighted by Crippen LogP contribution is 2.47. The van der Waals surface area contributed by atoms with Gasteiger partial charge in [0.15, 0.2) is 0 Å². The first-order valence-electron chi connectivity index (χ1n) is 13.7. The van der Waals surface area contributed by atoms with E-state index in [9.17, 15) is 14.4 Å². The van der Waals surface area contributed by atoms with Gasteiger partial charge in [-0.05, 0) is 40.8 Å². The van der Waals surface area contributed by atoms with Crippen LogP contribution in [0.4, 0.5) is 0 Å². The van der Waals surface area contributed by atoms with E-state index in [4.69, 9.17) is 19.3 Å². The second-order valence-electron chi connectivity index (χ2n) is 9.91. The number of fused-ring (bicyclic) bond motifs is 1. The normalized spacial score (nSPS) is 20.6. The topological polar surface area (TPSA) is 123 Å². The maximum atomic E-state index is 13.3. The van der Waals surface area contributed by atoms with E-state index in [1.54, 1.807) is 18.2 Å². The van der Waals surface area contributed by atoms with Gasteiger partial charge in [-0.25, -0.2) is 4.79 Å². The monoisotopic (exact) mass is 682 g/mol. The van der Waals surface area contributed by atoms with Crippen LogP contribution < -0.4 is 10.6 Å². The molecule has 1 aliphatic carbocycles. The van der Waals surface area contributed by atoms with Crippen molar-refractivity contribution < 1.29 is 33.7 Å². The number of carbonyl (C=O) groups excluding carboxylic acids is 3. The lowest BCUT2D eigenvalue weighted by atomic mass is 9.91. The van der Waals surface area contributed by atoms with Crippen LogP contribution in [-0.2, 0) is 29.6 Å². The van der Waals surface area contributed by atoms with Gasteiger partial charge in [0.05, 0.1) is 12.2 Å². The number of amides is 2. The highest BCUT2D eigenvalue weighted by Gasteiger charge is 2.55. The first kappa shape index (κ1) is 29.9. The summed E-state index contributed by atoms with van der Waals surface area (Å²) in [6.45, 7) is 0.0883. The molecule has 3 aromatic carbocycles. The third-order valence-electron chi connectivity index (χ3n) is 7.10. The Labute approximate surface area is 257 Å². The largest absolute Gasteiger partial charge is 0.455 e. The molecule has 218 valence electrons. The van der Waals surface area contributed by atoms with E-state index in [1.165, 1.54) is 0 Å². The smallest absolute Gasteiger partial charge is 0.339 e. The summed E-state index contributed by atoms with van der Waals surface area (Å²) < 4.78 is 20.2. The molecule has 2 aliphatic rings. The number of carbonyl (C=O) groups is 3. The van der Waals surface area contributed by atoms with Crippen LogP contribution in [0.5, 0.6) is 0 Å². The van der Waals surface area contributed by atoms with E-state index in [1.807, 2.05) is 72.8 Å². The number of benzene rings is 3. The van der Waals surface area contributed by atoms with Crippen molar-refractivity contribution in [2.75, 3.05) is 19.7 Å². The van der Waals surface area contributed by atoms with Crippen LogP contribution in [0.2, 0.25) is 0 Å². The van der Waals surface area contributed by atoms with Crippen LogP contribution in [0.25, 0.3) is 0 Å². The van der Waals surface area contributed by atoms with E-state index in [0.29, 0.717) is 11.1 Å². The Morgan fingerprint density at radius 3 is 2.17 bits per heavy atom. The molecule has 9 nitrogen and oxygen atoms in total. The number of ether oxygens (including phenoxy) is 3. The average Bonchev–Trinajstić information content (AvgIpc) is 3.42. The lowest BCUT2D eigenvalue weighted by molar-refractivity contribution is -0.157. The fourth-order valence-electron chi connectivity index (χ4n) is 5.11. The molecular formula is C32H31IN2O7. The van der Waals surface area contributed by atoms with Crippen molar-refractivity contribution in [1.29, 1.82) is 0 Å². The van der Waals surface area contributed by atoms with Gasteiger partial charge >= 0.3 is 5.97 Å². The van der Waals surface area contributed by atoms with Gasteiger partial charge < -0.3 is 30.0 Å². The number of hydrogen-bond donors (Lipinski definition) is 3. The van der Waals surface area contributed by atoms with Crippen molar-refractivity contribution in [2.24, 2.45) is 0 Å². The third kappa shape index (κ3) is 6.57. The third-order valence-corrected chi connectivity index (χ3v) is 8.04. The minimum atomic E-state index is -1.29. The molecule has 3 unspecified atom stereocenters. The zero-order valence-electron chi connectivity index (χ0n) is 22.7. The Balaban J connectivity index is 1.44. The average molecular weight is 683 g/mol. The molecule has 42 heavy (non-hydrogen) atoms. The van der Waals surface area contributed by atoms with Crippen molar-refractivity contribution in [3.8, 4) is 0 Å². The quantitative estimate of drug-likeness (QED) is 0.221. The van der Waals surface area contributed by atoms with Crippen LogP contribution >= 0.6 is 22.6 Å². The molecule has 3 aromatic rings. The van der Waals surface area contributed by atoms with E-state index in [2.05, 4.69) is 33.2 Å². The molecule has 1 fully saturated rings. The molecule has 3 atom stereocenters. The first-order chi connectivity index (χ1) is 20.4. The number of halogens is 1. The van der Waals surface area contributed by atoms with Crippen LogP contribution in [0, 0.1) is 3.57 Å². The van der Waals surface area contributed by atoms with Gasteiger partial charge in [0.25, 0.3) is 0 Å². The van der Waals surface area contributed by atoms with Crippen LogP contribution in [0.3, 0.4) is 0 Å². The molecule has 1 saturated heterocycles. The Morgan fingerprint density at radius 1 is 0.881 bits per heavy atom. The van der Waals surface area contributed by atoms with Crippen molar-refractivity contribution >= 4 is 40.4 Å². The number of rotatable bonds is 10. The summed E-state index contributed by atoms with van der Waals surface area (Å²) in [7, 11) is 0. The molecule has 1 aliphatic heterocycles. The van der Waals surface area contributed by atoms with Crippen LogP contribution in [0.15, 0.2) is 96.6 Å². The summed E-state index contributed by atoms with van der Waals surface area (Å²) in [6.07, 6.45) is -0.359. The summed E-state index contributed by atoms with van der Waals surface area (Å²) in [6, 6.07) is 26.2. The molecule has 5 rings (SSSR count). The zero-order valence-corrected chi connectivity index (χ0v) is 24.9. The molecule has 0 bridgehead atoms. The minimum Gasteiger partial charge on any atom is -0.455 e. The van der Waals surface area contributed by atoms with Gasteiger partial charge in [0.2, 0.25) is 17.6 Å². The molecule has 3 N–H and O–H groups in total. The van der Waals surface area contributed by atoms with Crippen molar-refractivity contribution in [3.05, 3.63) is 117 Å². The Hall–Kier alpha value is -3.58. The summed E-state index contributed by atoms with van der Waals surface area (Å²) in [4.78, 5) is 38.5. The maximum Gasteiger partial charge on any atom is 0.339 e. The summed E-state index contributed by atoms with van der Waals surface area (Å²) in [5.41, 5.74) is 2.32. The molecule has 10 heteroatoms. The van der Waals surface area contributed by atoms with Gasteiger partial charge in [-0.2, -0.15) is 0 Å². The number of aliphatic hydroxyl groups excluding tert-OH is 1. The molecular weight excluding hydrogens is 651 g/mol. The second kappa shape index (κ2) is 13.6. The fraction of sp³-hybridized carbons (Fsp3) is 0.281. The summed E-state index contributed by atoms with van der Waals surface area (Å²) in [5, 5.41) is 14.2. The molecule has 0 radical (unpaired) electrons. The van der Waals surface area contributed by atoms with E-state index in [-0.39, 0.29) is 44.4 Å². The summed E-state index contributed by atoms with van der Waals surface area (Å²) >= 11 is 2.09. The Kier molecular flexibility index (Phi) is 9.68. The molecule has 0 spiro atoms. The van der Waals surface area contributed by atoms with Crippen molar-refractivity contribution in [2.45, 2.75) is 36.9 Å². The predicted molar refractivity (Wildman–Crippen MR) is 162 cm³/mol. The lowest BCUT2D eigenvalue weighted by Gasteiger charge is -2.31. The number of esters is 1. The Morgan fingerprint density at radius 2 is 1.52 bits per heavy atom. The van der Waals surface area contributed by atoms with Gasteiger partial charge in [0.1, 0.15) is 18.3 Å². The van der Waals surface area contributed by atoms with Crippen LogP contribution in [-0.4, -0.2) is 60.9 Å². The molecule has 0 saturated carbocycles. The van der Waals surface area contributed by atoms with E-state index >= 15 is 0 Å². The minimum absolute atomic E-state index is 0.0562. The summed E-state index contributed by atoms with van der Waals surface area (Å²) in [5.74, 6) is -2.49. The van der Waals surface area contributed by atoms with E-state index in [0.717, 1.165) is 14.7 Å². The second-order valence-corrected chi connectivity index (χ2v) is 11.1. The zero-order chi connectivity index (χ0) is 29.5. The lowest BCUT2D eigenvalue weighted by Crippen LogP contribution is -2.44. The fourth-order valence-corrected chi connectivity index (χ4v) is 5.71. The molecule has 0 aromatic heterocycles. The van der Waals surface area contributed by atoms with Gasteiger partial charge in [0, 0.05) is 46.2 Å². The standard InChI is InChI=1S/C32H31IN2O7/c33-25-14-8-7-13-24(25)31(39)40-26-19-21(30(38)35-16-15-28(37)34-17-18-36)20-27-29(26)42-32(41-27,22-9-3-1-4-10-22)23-11-5-2-6-12-23/h1-14,20,26-27,29,36H,15-19H2,(H,34,37)(H,35,38). The van der Waals surface area contributed by atoms with Crippen LogP contribution in [0.1, 0.15) is 34.3 Å². The Bertz CT molecular complexity index is 1410. The number of nitrogens with one attached hydrogen (secondary N) is 2. The van der Waals surface area contributed by atoms with Gasteiger partial charge in [-0.1, -0.05) is 72.8 Å². The highest BCUT2D eigenvalue weighted by molar-refractivity contribution is 14.1. The van der Waals surface area contributed by atoms with E-state index < -0.39 is 30.1 Å². The maximum absolute atomic E-state index is 13.3. The van der Waals surface area contributed by atoms with Crippen molar-refractivity contribution in [3.63, 3.8) is 0 Å². The predicted octanol–water partition coefficient (Wildman–Crippen LogP) is 3.45. The van der Waals surface area contributed by atoms with Gasteiger partial charge in [-0.15, -0.1) is 0 Å². The SMILES string of the molecule is O=C(CCNC(=O)C1=CC2OC(c3ccccc3)(c3ccccc3)OC2C(OC(=O)c2ccccc2I)C1)NCCO. The van der Waals surface area contributed by atoms with Crippen molar-refractivity contribution in [1.82, 2.24) is 10.6 Å². The number of hydrogen-bond acceptors (Lipinski definition) is 7. The first-order valence-corrected chi connectivity index (χ1v) is 14.8. The molecule has 2 amide bonds.